The molecule has 1 saturated carbocycles. The number of rotatable bonds is 2. The minimum atomic E-state index is -0.626. The van der Waals surface area contributed by atoms with E-state index in [-0.39, 0.29) is 29.5 Å². The zero-order valence-corrected chi connectivity index (χ0v) is 18.9. The molecule has 0 N–H and O–H groups in total. The largest absolute Gasteiger partial charge is 0.483 e. The number of halogens is 2. The number of ether oxygens (including phenoxy) is 1. The van der Waals surface area contributed by atoms with Gasteiger partial charge >= 0.3 is 0 Å². The first-order valence-corrected chi connectivity index (χ1v) is 11.6. The number of aromatic nitrogens is 1. The average Bonchev–Trinajstić information content (AvgIpc) is 3.26. The molecule has 1 aromatic heterocycles. The van der Waals surface area contributed by atoms with Crippen LogP contribution in [0.1, 0.15) is 43.5 Å². The number of aryl methyl sites for hydroxylation is 1. The van der Waals surface area contributed by atoms with E-state index in [0.29, 0.717) is 26.7 Å². The van der Waals surface area contributed by atoms with Gasteiger partial charge in [0, 0.05) is 5.38 Å². The second kappa shape index (κ2) is 7.36. The van der Waals surface area contributed by atoms with Gasteiger partial charge in [0.1, 0.15) is 6.10 Å². The van der Waals surface area contributed by atoms with Crippen molar-refractivity contribution in [3.63, 3.8) is 0 Å². The van der Waals surface area contributed by atoms with E-state index < -0.39 is 6.04 Å². The van der Waals surface area contributed by atoms with Crippen LogP contribution in [-0.4, -0.2) is 22.8 Å². The molecular formula is C22H20Cl2N2O3S. The van der Waals surface area contributed by atoms with Gasteiger partial charge in [-0.25, -0.2) is 4.98 Å². The number of Topliss-reactive ketones (excluding diaryl/α,β-unsaturated/α-hetero) is 1. The Balaban J connectivity index is 1.66. The highest BCUT2D eigenvalue weighted by molar-refractivity contribution is 7.14. The first-order chi connectivity index (χ1) is 14.3. The minimum absolute atomic E-state index is 0.00741. The van der Waals surface area contributed by atoms with Gasteiger partial charge in [-0.15, -0.1) is 11.3 Å². The monoisotopic (exact) mass is 462 g/mol. The first kappa shape index (κ1) is 20.0. The van der Waals surface area contributed by atoms with Crippen LogP contribution in [0.5, 0.6) is 0 Å². The molecule has 4 atom stereocenters. The van der Waals surface area contributed by atoms with Crippen molar-refractivity contribution >= 4 is 51.4 Å². The number of carbonyl (C=O) groups is 2. The van der Waals surface area contributed by atoms with E-state index in [4.69, 9.17) is 27.9 Å². The van der Waals surface area contributed by atoms with Gasteiger partial charge in [-0.2, -0.15) is 0 Å². The first-order valence-electron chi connectivity index (χ1n) is 10.0. The van der Waals surface area contributed by atoms with Crippen molar-refractivity contribution in [3.8, 4) is 0 Å². The average molecular weight is 463 g/mol. The second-order valence-electron chi connectivity index (χ2n) is 8.31. The molecule has 0 spiro atoms. The number of thiazole rings is 1. The Morgan fingerprint density at radius 3 is 2.70 bits per heavy atom. The van der Waals surface area contributed by atoms with Gasteiger partial charge in [0.15, 0.2) is 16.7 Å². The Kier molecular flexibility index (Phi) is 4.92. The summed E-state index contributed by atoms with van der Waals surface area (Å²) in [6.45, 7) is 4.04. The quantitative estimate of drug-likeness (QED) is 0.590. The molecule has 1 aromatic carbocycles. The number of ketones is 1. The molecule has 8 heteroatoms. The maximum atomic E-state index is 13.7. The van der Waals surface area contributed by atoms with Crippen molar-refractivity contribution in [2.75, 3.05) is 4.90 Å². The van der Waals surface area contributed by atoms with Crippen molar-refractivity contribution in [1.82, 2.24) is 4.98 Å². The molecule has 0 saturated heterocycles. The zero-order valence-electron chi connectivity index (χ0n) is 16.5. The Hall–Kier alpha value is -1.89. The zero-order chi connectivity index (χ0) is 21.2. The van der Waals surface area contributed by atoms with Crippen molar-refractivity contribution in [2.45, 2.75) is 45.3 Å². The molecule has 30 heavy (non-hydrogen) atoms. The van der Waals surface area contributed by atoms with Crippen LogP contribution in [0.3, 0.4) is 0 Å². The van der Waals surface area contributed by atoms with E-state index >= 15 is 0 Å². The van der Waals surface area contributed by atoms with Gasteiger partial charge in [-0.3, -0.25) is 14.5 Å². The number of fused-ring (bicyclic) bond motifs is 1. The number of carbonyl (C=O) groups excluding carboxylic acids is 2. The molecular weight excluding hydrogens is 443 g/mol. The van der Waals surface area contributed by atoms with E-state index in [1.54, 1.807) is 23.1 Å². The maximum Gasteiger partial charge on any atom is 0.296 e. The van der Waals surface area contributed by atoms with E-state index in [9.17, 15) is 9.59 Å². The van der Waals surface area contributed by atoms with E-state index in [1.165, 1.54) is 11.3 Å². The topological polar surface area (TPSA) is 59.5 Å². The van der Waals surface area contributed by atoms with Crippen molar-refractivity contribution in [2.24, 2.45) is 11.8 Å². The van der Waals surface area contributed by atoms with Gasteiger partial charge in [0.05, 0.1) is 33.3 Å². The highest BCUT2D eigenvalue weighted by atomic mass is 35.5. The van der Waals surface area contributed by atoms with Crippen LogP contribution in [0.25, 0.3) is 0 Å². The number of hydrogen-bond donors (Lipinski definition) is 0. The Morgan fingerprint density at radius 1 is 1.20 bits per heavy atom. The lowest BCUT2D eigenvalue weighted by molar-refractivity contribution is -0.132. The number of anilines is 1. The normalized spacial score (nSPS) is 28.5. The lowest BCUT2D eigenvalue weighted by atomic mass is 9.74. The summed E-state index contributed by atoms with van der Waals surface area (Å²) in [4.78, 5) is 33.2. The standard InChI is InChI=1S/C22H20Cl2N2O3S/c1-10-3-6-16-13(7-10)19(27)17-18(12-4-5-14(23)15(24)8-12)26(21(28)20(17)29-16)22-25-11(2)9-30-22/h4-5,8-10,13,16,18H,3,6-7H2,1-2H3. The van der Waals surface area contributed by atoms with Crippen LogP contribution in [0.4, 0.5) is 5.13 Å². The predicted molar refractivity (Wildman–Crippen MR) is 117 cm³/mol. The SMILES string of the molecule is Cc1csc(N2C(=O)C3=C(C(=O)C4CC(C)CCC4O3)C2c2ccc(Cl)c(Cl)c2)n1. The van der Waals surface area contributed by atoms with Gasteiger partial charge in [-0.1, -0.05) is 36.2 Å². The van der Waals surface area contributed by atoms with Crippen molar-refractivity contribution < 1.29 is 14.3 Å². The summed E-state index contributed by atoms with van der Waals surface area (Å²) >= 11 is 13.8. The summed E-state index contributed by atoms with van der Waals surface area (Å²) in [5.74, 6) is 0.0938. The summed E-state index contributed by atoms with van der Waals surface area (Å²) in [6.07, 6.45) is 2.33. The lowest BCUT2D eigenvalue weighted by Crippen LogP contribution is -2.41. The van der Waals surface area contributed by atoms with Crippen LogP contribution >= 0.6 is 34.5 Å². The third-order valence-corrected chi connectivity index (χ3v) is 7.88. The molecule has 3 aliphatic rings. The lowest BCUT2D eigenvalue weighted by Gasteiger charge is -2.37. The van der Waals surface area contributed by atoms with E-state index in [0.717, 1.165) is 30.5 Å². The molecule has 0 bridgehead atoms. The van der Waals surface area contributed by atoms with Gasteiger partial charge < -0.3 is 4.74 Å². The molecule has 1 aliphatic carbocycles. The Morgan fingerprint density at radius 2 is 2.00 bits per heavy atom. The van der Waals surface area contributed by atoms with Gasteiger partial charge in [-0.05, 0) is 49.8 Å². The molecule has 4 unspecified atom stereocenters. The molecule has 1 amide bonds. The third kappa shape index (κ3) is 3.08. The van der Waals surface area contributed by atoms with Crippen LogP contribution in [-0.2, 0) is 14.3 Å². The summed E-state index contributed by atoms with van der Waals surface area (Å²) in [7, 11) is 0. The van der Waals surface area contributed by atoms with Gasteiger partial charge in [0.2, 0.25) is 0 Å². The molecule has 5 rings (SSSR count). The van der Waals surface area contributed by atoms with Gasteiger partial charge in [0.25, 0.3) is 5.91 Å². The molecule has 5 nitrogen and oxygen atoms in total. The third-order valence-electron chi connectivity index (χ3n) is 6.18. The molecule has 2 aromatic rings. The van der Waals surface area contributed by atoms with Crippen LogP contribution < -0.4 is 4.90 Å². The highest BCUT2D eigenvalue weighted by Gasteiger charge is 2.53. The van der Waals surface area contributed by atoms with Crippen molar-refractivity contribution in [3.05, 3.63) is 56.2 Å². The minimum Gasteiger partial charge on any atom is -0.483 e. The number of hydrogen-bond acceptors (Lipinski definition) is 5. The number of benzene rings is 1. The number of nitrogens with zero attached hydrogens (tertiary/aromatic N) is 2. The van der Waals surface area contributed by atoms with Crippen LogP contribution in [0.15, 0.2) is 34.9 Å². The summed E-state index contributed by atoms with van der Waals surface area (Å²) < 4.78 is 6.19. The molecule has 1 fully saturated rings. The van der Waals surface area contributed by atoms with E-state index in [1.807, 2.05) is 12.3 Å². The molecule has 156 valence electrons. The Labute approximate surface area is 188 Å². The summed E-state index contributed by atoms with van der Waals surface area (Å²) in [5.41, 5.74) is 1.95. The fraction of sp³-hybridized carbons (Fsp3) is 0.409. The predicted octanol–water partition coefficient (Wildman–Crippen LogP) is 5.50. The molecule has 0 radical (unpaired) electrons. The molecule has 3 heterocycles. The summed E-state index contributed by atoms with van der Waals surface area (Å²) in [6, 6.07) is 4.58. The Bertz CT molecular complexity index is 1100. The second-order valence-corrected chi connectivity index (χ2v) is 9.96. The highest BCUT2D eigenvalue weighted by Crippen LogP contribution is 2.49. The maximum absolute atomic E-state index is 13.7. The summed E-state index contributed by atoms with van der Waals surface area (Å²) in [5, 5.41) is 3.22. The van der Waals surface area contributed by atoms with Crippen LogP contribution in [0, 0.1) is 18.8 Å². The smallest absolute Gasteiger partial charge is 0.296 e. The van der Waals surface area contributed by atoms with E-state index in [2.05, 4.69) is 11.9 Å². The fourth-order valence-electron chi connectivity index (χ4n) is 4.72. The fourth-order valence-corrected chi connectivity index (χ4v) is 5.86. The van der Waals surface area contributed by atoms with Crippen molar-refractivity contribution in [1.29, 1.82) is 0 Å². The molecule has 2 aliphatic heterocycles. The number of amides is 1. The van der Waals surface area contributed by atoms with Crippen LogP contribution in [0.2, 0.25) is 10.0 Å².